The number of nitriles is 1. The third-order valence-electron chi connectivity index (χ3n) is 2.77. The van der Waals surface area contributed by atoms with Gasteiger partial charge in [0, 0.05) is 5.69 Å². The van der Waals surface area contributed by atoms with E-state index in [0.29, 0.717) is 23.6 Å². The van der Waals surface area contributed by atoms with Gasteiger partial charge in [-0.2, -0.15) is 5.26 Å². The van der Waals surface area contributed by atoms with Crippen molar-refractivity contribution < 1.29 is 14.3 Å². The number of methoxy groups -OCH3 is 1. The van der Waals surface area contributed by atoms with Gasteiger partial charge in [0.2, 0.25) is 0 Å². The SMILES string of the molecule is COC(=O)Nc1ccc(OCc2ccc(C#N)cc2)cc1. The summed E-state index contributed by atoms with van der Waals surface area (Å²) in [5, 5.41) is 11.3. The Balaban J connectivity index is 1.91. The maximum atomic E-state index is 11.0. The maximum absolute atomic E-state index is 11.0. The lowest BCUT2D eigenvalue weighted by Gasteiger charge is -2.08. The molecule has 106 valence electrons. The molecule has 0 bridgehead atoms. The van der Waals surface area contributed by atoms with Gasteiger partial charge in [-0.05, 0) is 42.0 Å². The van der Waals surface area contributed by atoms with Gasteiger partial charge < -0.3 is 9.47 Å². The summed E-state index contributed by atoms with van der Waals surface area (Å²) in [5.74, 6) is 0.690. The Morgan fingerprint density at radius 1 is 1.14 bits per heavy atom. The van der Waals surface area contributed by atoms with E-state index >= 15 is 0 Å². The minimum Gasteiger partial charge on any atom is -0.489 e. The molecule has 1 amide bonds. The van der Waals surface area contributed by atoms with Crippen LogP contribution in [0.4, 0.5) is 10.5 Å². The Morgan fingerprint density at radius 3 is 2.38 bits per heavy atom. The Bertz CT molecular complexity index is 643. The van der Waals surface area contributed by atoms with Gasteiger partial charge in [0.15, 0.2) is 0 Å². The van der Waals surface area contributed by atoms with Gasteiger partial charge in [0.1, 0.15) is 12.4 Å². The van der Waals surface area contributed by atoms with Crippen LogP contribution in [-0.4, -0.2) is 13.2 Å². The zero-order valence-electron chi connectivity index (χ0n) is 11.5. The minimum atomic E-state index is -0.513. The van der Waals surface area contributed by atoms with Crippen molar-refractivity contribution in [1.82, 2.24) is 0 Å². The van der Waals surface area contributed by atoms with Crippen LogP contribution in [0.5, 0.6) is 5.75 Å². The molecule has 2 rings (SSSR count). The highest BCUT2D eigenvalue weighted by atomic mass is 16.5. The Hall–Kier alpha value is -3.00. The lowest BCUT2D eigenvalue weighted by atomic mass is 10.2. The fourth-order valence-corrected chi connectivity index (χ4v) is 1.65. The first-order valence-corrected chi connectivity index (χ1v) is 6.28. The maximum Gasteiger partial charge on any atom is 0.411 e. The largest absolute Gasteiger partial charge is 0.489 e. The number of nitrogens with zero attached hydrogens (tertiary/aromatic N) is 1. The molecule has 0 aromatic heterocycles. The molecule has 2 aromatic rings. The van der Waals surface area contributed by atoms with E-state index in [1.54, 1.807) is 36.4 Å². The van der Waals surface area contributed by atoms with E-state index in [-0.39, 0.29) is 0 Å². The smallest absolute Gasteiger partial charge is 0.411 e. The molecule has 0 heterocycles. The second-order valence-corrected chi connectivity index (χ2v) is 4.24. The van der Waals surface area contributed by atoms with Gasteiger partial charge in [-0.15, -0.1) is 0 Å². The number of rotatable bonds is 4. The molecule has 1 N–H and O–H groups in total. The number of carbonyl (C=O) groups excluding carboxylic acids is 1. The highest BCUT2D eigenvalue weighted by Crippen LogP contribution is 2.17. The number of carbonyl (C=O) groups is 1. The van der Waals surface area contributed by atoms with Crippen LogP contribution < -0.4 is 10.1 Å². The van der Waals surface area contributed by atoms with Crippen molar-refractivity contribution in [3.05, 3.63) is 59.7 Å². The third-order valence-corrected chi connectivity index (χ3v) is 2.77. The van der Waals surface area contributed by atoms with Crippen molar-refractivity contribution in [1.29, 1.82) is 5.26 Å². The molecule has 0 aliphatic carbocycles. The molecule has 21 heavy (non-hydrogen) atoms. The van der Waals surface area contributed by atoms with E-state index in [2.05, 4.69) is 16.1 Å². The van der Waals surface area contributed by atoms with Crippen molar-refractivity contribution in [2.24, 2.45) is 0 Å². The van der Waals surface area contributed by atoms with Gasteiger partial charge in [-0.3, -0.25) is 5.32 Å². The average Bonchev–Trinajstić information content (AvgIpc) is 2.54. The average molecular weight is 282 g/mol. The number of hydrogen-bond donors (Lipinski definition) is 1. The van der Waals surface area contributed by atoms with Crippen molar-refractivity contribution in [3.63, 3.8) is 0 Å². The summed E-state index contributed by atoms with van der Waals surface area (Å²) in [5.41, 5.74) is 2.23. The summed E-state index contributed by atoms with van der Waals surface area (Å²) in [4.78, 5) is 11.0. The lowest BCUT2D eigenvalue weighted by molar-refractivity contribution is 0.187. The molecule has 0 radical (unpaired) electrons. The zero-order chi connectivity index (χ0) is 15.1. The summed E-state index contributed by atoms with van der Waals surface area (Å²) < 4.78 is 10.1. The van der Waals surface area contributed by atoms with Crippen LogP contribution in [0.1, 0.15) is 11.1 Å². The van der Waals surface area contributed by atoms with Crippen molar-refractivity contribution in [2.75, 3.05) is 12.4 Å². The quantitative estimate of drug-likeness (QED) is 0.933. The van der Waals surface area contributed by atoms with E-state index in [0.717, 1.165) is 5.56 Å². The highest BCUT2D eigenvalue weighted by Gasteiger charge is 2.01. The summed E-state index contributed by atoms with van der Waals surface area (Å²) in [6.07, 6.45) is -0.513. The summed E-state index contributed by atoms with van der Waals surface area (Å²) in [6.45, 7) is 0.412. The number of anilines is 1. The molecule has 0 aliphatic rings. The third kappa shape index (κ3) is 4.25. The van der Waals surface area contributed by atoms with E-state index in [1.165, 1.54) is 7.11 Å². The molecule has 5 nitrogen and oxygen atoms in total. The second kappa shape index (κ2) is 6.96. The molecule has 0 unspecified atom stereocenters. The van der Waals surface area contributed by atoms with Crippen molar-refractivity contribution in [3.8, 4) is 11.8 Å². The monoisotopic (exact) mass is 282 g/mol. The molecule has 0 atom stereocenters. The van der Waals surface area contributed by atoms with E-state index < -0.39 is 6.09 Å². The predicted molar refractivity (Wildman–Crippen MR) is 78.0 cm³/mol. The second-order valence-electron chi connectivity index (χ2n) is 4.24. The van der Waals surface area contributed by atoms with Crippen molar-refractivity contribution >= 4 is 11.8 Å². The Labute approximate surface area is 122 Å². The fraction of sp³-hybridized carbons (Fsp3) is 0.125. The molecule has 0 spiro atoms. The molecule has 0 aliphatic heterocycles. The van der Waals surface area contributed by atoms with Gasteiger partial charge in [0.25, 0.3) is 0 Å². The number of hydrogen-bond acceptors (Lipinski definition) is 4. The van der Waals surface area contributed by atoms with Gasteiger partial charge in [-0.25, -0.2) is 4.79 Å². The molecular weight excluding hydrogens is 268 g/mol. The van der Waals surface area contributed by atoms with Crippen LogP contribution in [0.2, 0.25) is 0 Å². The Morgan fingerprint density at radius 2 is 1.81 bits per heavy atom. The number of ether oxygens (including phenoxy) is 2. The number of nitrogens with one attached hydrogen (secondary N) is 1. The normalized spacial score (nSPS) is 9.52. The van der Waals surface area contributed by atoms with Crippen LogP contribution in [-0.2, 0) is 11.3 Å². The molecule has 0 saturated heterocycles. The van der Waals surface area contributed by atoms with Crippen LogP contribution >= 0.6 is 0 Å². The molecule has 5 heteroatoms. The standard InChI is InChI=1S/C16H14N2O3/c1-20-16(19)18-14-6-8-15(9-7-14)21-11-13-4-2-12(10-17)3-5-13/h2-9H,11H2,1H3,(H,18,19). The lowest BCUT2D eigenvalue weighted by Crippen LogP contribution is -2.10. The molecule has 0 fully saturated rings. The molecule has 2 aromatic carbocycles. The first-order valence-electron chi connectivity index (χ1n) is 6.28. The van der Waals surface area contributed by atoms with Crippen LogP contribution in [0.3, 0.4) is 0 Å². The van der Waals surface area contributed by atoms with Crippen LogP contribution in [0.25, 0.3) is 0 Å². The molecule has 0 saturated carbocycles. The highest BCUT2D eigenvalue weighted by molar-refractivity contribution is 5.84. The first kappa shape index (κ1) is 14.4. The van der Waals surface area contributed by atoms with Crippen LogP contribution in [0, 0.1) is 11.3 Å². The van der Waals surface area contributed by atoms with Gasteiger partial charge in [0.05, 0.1) is 18.7 Å². The van der Waals surface area contributed by atoms with Crippen LogP contribution in [0.15, 0.2) is 48.5 Å². The van der Waals surface area contributed by atoms with Gasteiger partial charge in [-0.1, -0.05) is 12.1 Å². The van der Waals surface area contributed by atoms with Gasteiger partial charge >= 0.3 is 6.09 Å². The van der Waals surface area contributed by atoms with E-state index in [4.69, 9.17) is 10.00 Å². The minimum absolute atomic E-state index is 0.412. The summed E-state index contributed by atoms with van der Waals surface area (Å²) in [7, 11) is 1.31. The fourth-order valence-electron chi connectivity index (χ4n) is 1.65. The first-order chi connectivity index (χ1) is 10.2. The zero-order valence-corrected chi connectivity index (χ0v) is 11.5. The number of benzene rings is 2. The molecular formula is C16H14N2O3. The summed E-state index contributed by atoms with van der Waals surface area (Å²) in [6, 6.07) is 16.3. The van der Waals surface area contributed by atoms with Crippen molar-refractivity contribution in [2.45, 2.75) is 6.61 Å². The summed E-state index contributed by atoms with van der Waals surface area (Å²) >= 11 is 0. The topological polar surface area (TPSA) is 71.3 Å². The number of amides is 1. The van der Waals surface area contributed by atoms with E-state index in [1.807, 2.05) is 12.1 Å². The predicted octanol–water partition coefficient (Wildman–Crippen LogP) is 3.32. The Kier molecular flexibility index (Phi) is 4.78. The van der Waals surface area contributed by atoms with E-state index in [9.17, 15) is 4.79 Å².